The molecule has 0 aliphatic heterocycles. The number of nitrogens with two attached hydrogens (primary N) is 1. The first-order valence-electron chi connectivity index (χ1n) is 9.59. The zero-order valence-electron chi connectivity index (χ0n) is 15.6. The molecule has 0 spiro atoms. The first-order chi connectivity index (χ1) is 13.6. The predicted octanol–water partition coefficient (Wildman–Crippen LogP) is 3.33. The second-order valence-corrected chi connectivity index (χ2v) is 7.39. The Morgan fingerprint density at radius 2 is 1.93 bits per heavy atom. The highest BCUT2D eigenvalue weighted by Crippen LogP contribution is 2.38. The lowest BCUT2D eigenvalue weighted by Gasteiger charge is -2.23. The van der Waals surface area contributed by atoms with Crippen molar-refractivity contribution in [2.45, 2.75) is 38.6 Å². The maximum absolute atomic E-state index is 12.1. The maximum Gasteiger partial charge on any atom is 0.341 e. The molecule has 0 saturated heterocycles. The number of hydrogen-bond donors (Lipinski definition) is 2. The van der Waals surface area contributed by atoms with Crippen molar-refractivity contribution in [3.05, 3.63) is 36.2 Å². The standard InChI is InChI=1S/C21H23N3O4/c22-21(27)14-7-4-8-15-19(14)20-16(9-23-10-17(20)28-12-18(25)26)24(15)11-13-5-2-1-3-6-13/h4,7-10,13H,1-3,5-6,11-12H2,(H2,22,27)(H,25,26). The highest BCUT2D eigenvalue weighted by Gasteiger charge is 2.22. The Bertz CT molecular complexity index is 1050. The number of ether oxygens (including phenoxy) is 1. The minimum absolute atomic E-state index is 0.348. The highest BCUT2D eigenvalue weighted by atomic mass is 16.5. The number of rotatable bonds is 6. The van der Waals surface area contributed by atoms with Gasteiger partial charge < -0.3 is 20.1 Å². The molecular weight excluding hydrogens is 358 g/mol. The summed E-state index contributed by atoms with van der Waals surface area (Å²) in [5, 5.41) is 10.4. The summed E-state index contributed by atoms with van der Waals surface area (Å²) in [6.45, 7) is 0.348. The molecule has 0 atom stereocenters. The van der Waals surface area contributed by atoms with Gasteiger partial charge in [0, 0.05) is 17.5 Å². The number of hydrogen-bond acceptors (Lipinski definition) is 4. The van der Waals surface area contributed by atoms with Crippen LogP contribution in [0.1, 0.15) is 42.5 Å². The molecule has 146 valence electrons. The highest BCUT2D eigenvalue weighted by molar-refractivity contribution is 6.19. The van der Waals surface area contributed by atoms with E-state index in [9.17, 15) is 9.59 Å². The third-order valence-electron chi connectivity index (χ3n) is 5.55. The zero-order chi connectivity index (χ0) is 19.7. The number of aliphatic carboxylic acids is 1. The van der Waals surface area contributed by atoms with Gasteiger partial charge in [0.05, 0.1) is 28.8 Å². The average Bonchev–Trinajstić information content (AvgIpc) is 3.01. The number of benzene rings is 1. The molecule has 0 unspecified atom stereocenters. The molecule has 1 aromatic carbocycles. The molecule has 3 aromatic rings. The fraction of sp³-hybridized carbons (Fsp3) is 0.381. The molecule has 1 aliphatic rings. The van der Waals surface area contributed by atoms with Crippen molar-refractivity contribution in [1.82, 2.24) is 9.55 Å². The van der Waals surface area contributed by atoms with Gasteiger partial charge in [-0.25, -0.2) is 4.79 Å². The second-order valence-electron chi connectivity index (χ2n) is 7.39. The van der Waals surface area contributed by atoms with Crippen molar-refractivity contribution in [2.24, 2.45) is 11.7 Å². The summed E-state index contributed by atoms with van der Waals surface area (Å²) in [7, 11) is 0. The van der Waals surface area contributed by atoms with Crippen LogP contribution in [0.25, 0.3) is 21.8 Å². The summed E-state index contributed by atoms with van der Waals surface area (Å²) < 4.78 is 7.67. The number of nitrogens with zero attached hydrogens (tertiary/aromatic N) is 2. The van der Waals surface area contributed by atoms with Crippen LogP contribution in [0.15, 0.2) is 30.6 Å². The van der Waals surface area contributed by atoms with E-state index in [0.717, 1.165) is 17.6 Å². The van der Waals surface area contributed by atoms with E-state index in [-0.39, 0.29) is 0 Å². The van der Waals surface area contributed by atoms with Crippen LogP contribution >= 0.6 is 0 Å². The second kappa shape index (κ2) is 7.50. The van der Waals surface area contributed by atoms with E-state index >= 15 is 0 Å². The third-order valence-corrected chi connectivity index (χ3v) is 5.55. The van der Waals surface area contributed by atoms with Crippen molar-refractivity contribution < 1.29 is 19.4 Å². The SMILES string of the molecule is NC(=O)c1cccc2c1c1c(OCC(=O)O)cncc1n2CC1CCCCC1. The Balaban J connectivity index is 1.94. The molecule has 1 aliphatic carbocycles. The normalized spacial score (nSPS) is 15.1. The Hall–Kier alpha value is -3.09. The number of fused-ring (bicyclic) bond motifs is 3. The number of aromatic nitrogens is 2. The third kappa shape index (κ3) is 3.28. The van der Waals surface area contributed by atoms with Crippen LogP contribution in [0.4, 0.5) is 0 Å². The maximum atomic E-state index is 12.1. The Labute approximate surface area is 162 Å². The number of carbonyl (C=O) groups excluding carboxylic acids is 1. The van der Waals surface area contributed by atoms with E-state index < -0.39 is 18.5 Å². The Kier molecular flexibility index (Phi) is 4.90. The van der Waals surface area contributed by atoms with Gasteiger partial charge in [0.1, 0.15) is 5.75 Å². The molecule has 0 radical (unpaired) electrons. The van der Waals surface area contributed by atoms with Crippen LogP contribution in [-0.2, 0) is 11.3 Å². The molecule has 28 heavy (non-hydrogen) atoms. The summed E-state index contributed by atoms with van der Waals surface area (Å²) in [6.07, 6.45) is 9.35. The Morgan fingerprint density at radius 3 is 2.64 bits per heavy atom. The van der Waals surface area contributed by atoms with Crippen molar-refractivity contribution in [3.8, 4) is 5.75 Å². The van der Waals surface area contributed by atoms with Crippen LogP contribution in [-0.4, -0.2) is 33.1 Å². The predicted molar refractivity (Wildman–Crippen MR) is 105 cm³/mol. The number of amides is 1. The van der Waals surface area contributed by atoms with Gasteiger partial charge in [-0.3, -0.25) is 9.78 Å². The van der Waals surface area contributed by atoms with E-state index in [1.807, 2.05) is 12.1 Å². The number of carbonyl (C=O) groups is 2. The monoisotopic (exact) mass is 381 g/mol. The first kappa shape index (κ1) is 18.3. The van der Waals surface area contributed by atoms with E-state index in [2.05, 4.69) is 9.55 Å². The van der Waals surface area contributed by atoms with Crippen molar-refractivity contribution in [3.63, 3.8) is 0 Å². The number of primary amides is 1. The van der Waals surface area contributed by atoms with E-state index in [0.29, 0.717) is 28.0 Å². The average molecular weight is 381 g/mol. The fourth-order valence-electron chi connectivity index (χ4n) is 4.32. The molecule has 4 rings (SSSR count). The molecule has 1 fully saturated rings. The van der Waals surface area contributed by atoms with Crippen molar-refractivity contribution in [2.75, 3.05) is 6.61 Å². The minimum Gasteiger partial charge on any atom is -0.480 e. The van der Waals surface area contributed by atoms with Gasteiger partial charge in [-0.1, -0.05) is 25.3 Å². The van der Waals surface area contributed by atoms with E-state index in [4.69, 9.17) is 15.6 Å². The number of pyridine rings is 1. The van der Waals surface area contributed by atoms with Crippen LogP contribution in [0.3, 0.4) is 0 Å². The molecule has 2 aromatic heterocycles. The summed E-state index contributed by atoms with van der Waals surface area (Å²) in [5.41, 5.74) is 7.76. The molecule has 1 amide bonds. The lowest BCUT2D eigenvalue weighted by Crippen LogP contribution is -2.14. The molecule has 1 saturated carbocycles. The molecule has 3 N–H and O–H groups in total. The van der Waals surface area contributed by atoms with Crippen LogP contribution in [0.2, 0.25) is 0 Å². The minimum atomic E-state index is -1.07. The van der Waals surface area contributed by atoms with Gasteiger partial charge in [0.15, 0.2) is 6.61 Å². The molecule has 2 heterocycles. The van der Waals surface area contributed by atoms with Gasteiger partial charge in [0.2, 0.25) is 5.91 Å². The summed E-state index contributed by atoms with van der Waals surface area (Å²) in [6, 6.07) is 5.48. The first-order valence-corrected chi connectivity index (χ1v) is 9.59. The zero-order valence-corrected chi connectivity index (χ0v) is 15.6. The smallest absolute Gasteiger partial charge is 0.341 e. The van der Waals surface area contributed by atoms with Crippen LogP contribution in [0, 0.1) is 5.92 Å². The van der Waals surface area contributed by atoms with Crippen LogP contribution < -0.4 is 10.5 Å². The van der Waals surface area contributed by atoms with Gasteiger partial charge in [-0.2, -0.15) is 0 Å². The lowest BCUT2D eigenvalue weighted by molar-refractivity contribution is -0.139. The van der Waals surface area contributed by atoms with Gasteiger partial charge in [-0.15, -0.1) is 0 Å². The van der Waals surface area contributed by atoms with Crippen LogP contribution in [0.5, 0.6) is 5.75 Å². The van der Waals surface area contributed by atoms with Crippen molar-refractivity contribution in [1.29, 1.82) is 0 Å². The lowest BCUT2D eigenvalue weighted by atomic mass is 9.89. The molecule has 0 bridgehead atoms. The van der Waals surface area contributed by atoms with Crippen molar-refractivity contribution >= 4 is 33.7 Å². The quantitative estimate of drug-likeness (QED) is 0.681. The van der Waals surface area contributed by atoms with Gasteiger partial charge in [-0.05, 0) is 30.9 Å². The number of carboxylic acids is 1. The van der Waals surface area contributed by atoms with E-state index in [1.54, 1.807) is 12.3 Å². The Morgan fingerprint density at radius 1 is 1.14 bits per heavy atom. The van der Waals surface area contributed by atoms with Gasteiger partial charge in [0.25, 0.3) is 0 Å². The molecule has 7 nitrogen and oxygen atoms in total. The number of carboxylic acid groups (broad SMARTS) is 1. The van der Waals surface area contributed by atoms with E-state index in [1.165, 1.54) is 38.3 Å². The fourth-order valence-corrected chi connectivity index (χ4v) is 4.32. The molecule has 7 heteroatoms. The molecular formula is C21H23N3O4. The topological polar surface area (TPSA) is 107 Å². The summed E-state index contributed by atoms with van der Waals surface area (Å²) >= 11 is 0. The summed E-state index contributed by atoms with van der Waals surface area (Å²) in [4.78, 5) is 27.3. The van der Waals surface area contributed by atoms with Gasteiger partial charge >= 0.3 is 5.97 Å². The largest absolute Gasteiger partial charge is 0.480 e. The summed E-state index contributed by atoms with van der Waals surface area (Å²) in [5.74, 6) is -0.684.